The van der Waals surface area contributed by atoms with Crippen molar-refractivity contribution >= 4 is 27.3 Å². The number of benzene rings is 1. The highest BCUT2D eigenvalue weighted by atomic mass is 32.2. The van der Waals surface area contributed by atoms with Crippen LogP contribution in [0, 0.1) is 0 Å². The van der Waals surface area contributed by atoms with Crippen molar-refractivity contribution in [1.29, 1.82) is 0 Å². The fourth-order valence-electron chi connectivity index (χ4n) is 3.05. The quantitative estimate of drug-likeness (QED) is 0.770. The zero-order chi connectivity index (χ0) is 18.4. The Kier molecular flexibility index (Phi) is 6.47. The molecule has 144 valence electrons. The van der Waals surface area contributed by atoms with Crippen LogP contribution in [0.15, 0.2) is 24.3 Å². The Bertz CT molecular complexity index is 713. The maximum absolute atomic E-state index is 12.3. The van der Waals surface area contributed by atoms with Gasteiger partial charge in [-0.15, -0.1) is 0 Å². The van der Waals surface area contributed by atoms with Crippen molar-refractivity contribution in [1.82, 2.24) is 4.31 Å². The Morgan fingerprint density at radius 1 is 1.00 bits per heavy atom. The molecule has 1 N–H and O–H groups in total. The second kappa shape index (κ2) is 8.81. The molecular formula is C17H25N3O5S. The number of carbonyl (C=O) groups is 1. The molecule has 0 aromatic heterocycles. The fourth-order valence-corrected chi connectivity index (χ4v) is 4.45. The van der Waals surface area contributed by atoms with E-state index in [1.807, 2.05) is 24.3 Å². The Hall–Kier alpha value is -1.68. The van der Waals surface area contributed by atoms with E-state index in [2.05, 4.69) is 10.2 Å². The van der Waals surface area contributed by atoms with Crippen molar-refractivity contribution in [3.05, 3.63) is 24.3 Å². The summed E-state index contributed by atoms with van der Waals surface area (Å²) in [4.78, 5) is 14.5. The van der Waals surface area contributed by atoms with Crippen molar-refractivity contribution in [2.75, 3.05) is 68.6 Å². The molecule has 2 aliphatic heterocycles. The lowest BCUT2D eigenvalue weighted by atomic mass is 10.2. The number of morpholine rings is 2. The number of anilines is 2. The number of rotatable bonds is 6. The molecule has 1 amide bonds. The summed E-state index contributed by atoms with van der Waals surface area (Å²) in [7, 11) is -3.44. The van der Waals surface area contributed by atoms with Crippen LogP contribution in [-0.2, 0) is 24.3 Å². The molecule has 8 nitrogen and oxygen atoms in total. The van der Waals surface area contributed by atoms with E-state index in [0.29, 0.717) is 45.2 Å². The highest BCUT2D eigenvalue weighted by Gasteiger charge is 2.25. The first kappa shape index (κ1) is 19.1. The minimum absolute atomic E-state index is 0.0723. The van der Waals surface area contributed by atoms with E-state index in [0.717, 1.165) is 18.8 Å². The molecule has 1 aromatic carbocycles. The number of nitrogens with zero attached hydrogens (tertiary/aromatic N) is 2. The van der Waals surface area contributed by atoms with E-state index in [-0.39, 0.29) is 18.1 Å². The summed E-state index contributed by atoms with van der Waals surface area (Å²) in [5.41, 5.74) is 1.63. The van der Waals surface area contributed by atoms with E-state index in [4.69, 9.17) is 9.47 Å². The van der Waals surface area contributed by atoms with Gasteiger partial charge >= 0.3 is 0 Å². The molecule has 26 heavy (non-hydrogen) atoms. The minimum Gasteiger partial charge on any atom is -0.379 e. The predicted molar refractivity (Wildman–Crippen MR) is 98.9 cm³/mol. The molecule has 0 unspecified atom stereocenters. The van der Waals surface area contributed by atoms with Crippen LogP contribution >= 0.6 is 0 Å². The Morgan fingerprint density at radius 2 is 1.62 bits per heavy atom. The van der Waals surface area contributed by atoms with Crippen LogP contribution in [0.3, 0.4) is 0 Å². The second-order valence-corrected chi connectivity index (χ2v) is 8.33. The molecule has 0 spiro atoms. The molecule has 2 saturated heterocycles. The van der Waals surface area contributed by atoms with Gasteiger partial charge in [0.15, 0.2) is 0 Å². The molecule has 0 saturated carbocycles. The summed E-state index contributed by atoms with van der Waals surface area (Å²) < 4.78 is 36.6. The van der Waals surface area contributed by atoms with Crippen LogP contribution in [-0.4, -0.2) is 77.0 Å². The first-order valence-corrected chi connectivity index (χ1v) is 10.4. The molecule has 0 aliphatic carbocycles. The molecule has 9 heteroatoms. The van der Waals surface area contributed by atoms with Gasteiger partial charge in [0.05, 0.1) is 43.6 Å². The third kappa shape index (κ3) is 4.94. The highest BCUT2D eigenvalue weighted by Crippen LogP contribution is 2.26. The third-order valence-corrected chi connectivity index (χ3v) is 6.35. The van der Waals surface area contributed by atoms with Gasteiger partial charge in [-0.25, -0.2) is 8.42 Å². The van der Waals surface area contributed by atoms with Gasteiger partial charge in [0.25, 0.3) is 0 Å². The Labute approximate surface area is 154 Å². The molecule has 0 bridgehead atoms. The summed E-state index contributed by atoms with van der Waals surface area (Å²) in [6.07, 6.45) is -0.0723. The van der Waals surface area contributed by atoms with Gasteiger partial charge in [-0.2, -0.15) is 4.31 Å². The summed E-state index contributed by atoms with van der Waals surface area (Å²) in [6, 6.07) is 7.55. The van der Waals surface area contributed by atoms with E-state index in [1.165, 1.54) is 4.31 Å². The number of nitrogens with one attached hydrogen (secondary N) is 1. The molecule has 2 fully saturated rings. The summed E-state index contributed by atoms with van der Waals surface area (Å²) >= 11 is 0. The highest BCUT2D eigenvalue weighted by molar-refractivity contribution is 7.89. The van der Waals surface area contributed by atoms with Crippen molar-refractivity contribution in [3.63, 3.8) is 0 Å². The van der Waals surface area contributed by atoms with Gasteiger partial charge in [0, 0.05) is 32.6 Å². The van der Waals surface area contributed by atoms with Gasteiger partial charge in [0.1, 0.15) is 0 Å². The topological polar surface area (TPSA) is 88.2 Å². The predicted octanol–water partition coefficient (Wildman–Crippen LogP) is 0.514. The van der Waals surface area contributed by atoms with Crippen LogP contribution in [0.2, 0.25) is 0 Å². The maximum atomic E-state index is 12.3. The van der Waals surface area contributed by atoms with E-state index in [1.54, 1.807) is 0 Å². The Morgan fingerprint density at radius 3 is 2.31 bits per heavy atom. The lowest BCUT2D eigenvalue weighted by molar-refractivity contribution is -0.115. The van der Waals surface area contributed by atoms with Gasteiger partial charge in [0.2, 0.25) is 15.9 Å². The first-order chi connectivity index (χ1) is 12.6. The molecule has 2 aliphatic rings. The normalized spacial score (nSPS) is 19.3. The van der Waals surface area contributed by atoms with Crippen LogP contribution in [0.4, 0.5) is 11.4 Å². The summed E-state index contributed by atoms with van der Waals surface area (Å²) in [5, 5.41) is 2.85. The average molecular weight is 383 g/mol. The van der Waals surface area contributed by atoms with Gasteiger partial charge in [-0.3, -0.25) is 4.79 Å². The van der Waals surface area contributed by atoms with Crippen LogP contribution in [0.1, 0.15) is 6.42 Å². The minimum atomic E-state index is -3.44. The number of amides is 1. The van der Waals surface area contributed by atoms with Crippen LogP contribution < -0.4 is 10.2 Å². The van der Waals surface area contributed by atoms with Crippen molar-refractivity contribution in [2.24, 2.45) is 0 Å². The van der Waals surface area contributed by atoms with E-state index in [9.17, 15) is 13.2 Å². The first-order valence-electron chi connectivity index (χ1n) is 8.83. The lowest BCUT2D eigenvalue weighted by Gasteiger charge is -2.30. The number of hydrogen-bond acceptors (Lipinski definition) is 6. The van der Waals surface area contributed by atoms with Crippen molar-refractivity contribution < 1.29 is 22.7 Å². The number of hydrogen-bond donors (Lipinski definition) is 1. The smallest absolute Gasteiger partial charge is 0.225 e. The summed E-state index contributed by atoms with van der Waals surface area (Å²) in [6.45, 7) is 4.33. The van der Waals surface area contributed by atoms with E-state index >= 15 is 0 Å². The zero-order valence-corrected chi connectivity index (χ0v) is 15.5. The molecule has 1 aromatic rings. The number of sulfonamides is 1. The average Bonchev–Trinajstić information content (AvgIpc) is 2.68. The Balaban J connectivity index is 1.58. The maximum Gasteiger partial charge on any atom is 0.225 e. The van der Waals surface area contributed by atoms with Crippen LogP contribution in [0.5, 0.6) is 0 Å². The molecule has 2 heterocycles. The summed E-state index contributed by atoms with van der Waals surface area (Å²) in [5.74, 6) is -0.499. The number of para-hydroxylation sites is 2. The molecule has 0 radical (unpaired) electrons. The molecular weight excluding hydrogens is 358 g/mol. The lowest BCUT2D eigenvalue weighted by Crippen LogP contribution is -2.42. The van der Waals surface area contributed by atoms with Gasteiger partial charge < -0.3 is 19.7 Å². The zero-order valence-electron chi connectivity index (χ0n) is 14.7. The monoisotopic (exact) mass is 383 g/mol. The fraction of sp³-hybridized carbons (Fsp3) is 0.588. The standard InChI is InChI=1S/C17H25N3O5S/c21-17(5-14-26(22,23)20-8-12-25-13-9-20)18-15-3-1-2-4-16(15)19-6-10-24-11-7-19/h1-4H,5-14H2,(H,18,21). The largest absolute Gasteiger partial charge is 0.379 e. The van der Waals surface area contributed by atoms with E-state index < -0.39 is 10.0 Å². The second-order valence-electron chi connectivity index (χ2n) is 6.24. The van der Waals surface area contributed by atoms with Gasteiger partial charge in [-0.1, -0.05) is 12.1 Å². The van der Waals surface area contributed by atoms with Crippen LogP contribution in [0.25, 0.3) is 0 Å². The van der Waals surface area contributed by atoms with Crippen molar-refractivity contribution in [3.8, 4) is 0 Å². The SMILES string of the molecule is O=C(CCS(=O)(=O)N1CCOCC1)Nc1ccccc1N1CCOCC1. The van der Waals surface area contributed by atoms with Crippen molar-refractivity contribution in [2.45, 2.75) is 6.42 Å². The van der Waals surface area contributed by atoms with Gasteiger partial charge in [-0.05, 0) is 12.1 Å². The molecule has 3 rings (SSSR count). The molecule has 0 atom stereocenters. The number of carbonyl (C=O) groups excluding carboxylic acids is 1. The number of ether oxygens (including phenoxy) is 2. The third-order valence-electron chi connectivity index (χ3n) is 4.48.